The minimum Gasteiger partial charge on any atom is -0.343 e. The van der Waals surface area contributed by atoms with Crippen molar-refractivity contribution >= 4 is 5.91 Å². The van der Waals surface area contributed by atoms with Gasteiger partial charge in [-0.1, -0.05) is 20.8 Å². The molecule has 0 aromatic rings. The Bertz CT molecular complexity index is 173. The first kappa shape index (κ1) is 12.5. The lowest BCUT2D eigenvalue weighted by Gasteiger charge is -2.39. The predicted molar refractivity (Wildman–Crippen MR) is 56.6 cm³/mol. The monoisotopic (exact) mass is 185 g/mol. The summed E-state index contributed by atoms with van der Waals surface area (Å²) in [6, 6.07) is 0.319. The van der Waals surface area contributed by atoms with Crippen LogP contribution in [0.2, 0.25) is 0 Å². The minimum atomic E-state index is 0.153. The van der Waals surface area contributed by atoms with Gasteiger partial charge in [0.25, 0.3) is 0 Å². The van der Waals surface area contributed by atoms with E-state index in [1.165, 1.54) is 0 Å². The summed E-state index contributed by atoms with van der Waals surface area (Å²) in [6.07, 6.45) is 2.23. The van der Waals surface area contributed by atoms with Crippen molar-refractivity contribution in [1.82, 2.24) is 4.90 Å². The van der Waals surface area contributed by atoms with Gasteiger partial charge in [0.1, 0.15) is 0 Å². The molecule has 0 aliphatic carbocycles. The van der Waals surface area contributed by atoms with E-state index in [2.05, 4.69) is 27.7 Å². The standard InChI is InChI=1S/C11H23NO/c1-7-11(5,8-2)9(3)12(6)10(4)13/h9H,7-8H2,1-6H3. The zero-order valence-corrected chi connectivity index (χ0v) is 9.85. The number of rotatable bonds is 4. The van der Waals surface area contributed by atoms with Crippen LogP contribution >= 0.6 is 0 Å². The second-order valence-electron chi connectivity index (χ2n) is 4.17. The highest BCUT2D eigenvalue weighted by Crippen LogP contribution is 2.32. The van der Waals surface area contributed by atoms with Crippen molar-refractivity contribution in [2.24, 2.45) is 5.41 Å². The summed E-state index contributed by atoms with van der Waals surface area (Å²) in [4.78, 5) is 13.0. The molecule has 0 rings (SSSR count). The zero-order chi connectivity index (χ0) is 10.6. The Hall–Kier alpha value is -0.530. The Balaban J connectivity index is 4.54. The van der Waals surface area contributed by atoms with E-state index in [-0.39, 0.29) is 11.3 Å². The molecule has 0 aliphatic rings. The van der Waals surface area contributed by atoms with E-state index in [1.54, 1.807) is 6.92 Å². The number of hydrogen-bond donors (Lipinski definition) is 0. The molecule has 0 radical (unpaired) electrons. The average molecular weight is 185 g/mol. The molecule has 0 spiro atoms. The predicted octanol–water partition coefficient (Wildman–Crippen LogP) is 2.68. The third kappa shape index (κ3) is 2.71. The molecule has 0 aliphatic heterocycles. The van der Waals surface area contributed by atoms with Gasteiger partial charge in [-0.15, -0.1) is 0 Å². The quantitative estimate of drug-likeness (QED) is 0.659. The first-order valence-electron chi connectivity index (χ1n) is 5.12. The highest BCUT2D eigenvalue weighted by Gasteiger charge is 2.31. The third-order valence-electron chi connectivity index (χ3n) is 3.70. The van der Waals surface area contributed by atoms with Gasteiger partial charge in [-0.25, -0.2) is 0 Å². The SMILES string of the molecule is CCC(C)(CC)C(C)N(C)C(C)=O. The van der Waals surface area contributed by atoms with E-state index in [0.717, 1.165) is 12.8 Å². The first-order chi connectivity index (χ1) is 5.89. The molecule has 0 saturated carbocycles. The Morgan fingerprint density at radius 3 is 2.00 bits per heavy atom. The van der Waals surface area contributed by atoms with Gasteiger partial charge in [0.15, 0.2) is 0 Å². The van der Waals surface area contributed by atoms with Crippen LogP contribution in [-0.2, 0) is 4.79 Å². The molecule has 1 unspecified atom stereocenters. The van der Waals surface area contributed by atoms with Crippen molar-refractivity contribution < 1.29 is 4.79 Å². The third-order valence-corrected chi connectivity index (χ3v) is 3.70. The van der Waals surface area contributed by atoms with Crippen LogP contribution in [0.4, 0.5) is 0 Å². The molecule has 0 heterocycles. The van der Waals surface area contributed by atoms with Crippen molar-refractivity contribution in [3.05, 3.63) is 0 Å². The molecule has 2 nitrogen and oxygen atoms in total. The summed E-state index contributed by atoms with van der Waals surface area (Å²) < 4.78 is 0. The van der Waals surface area contributed by atoms with Gasteiger partial charge in [0, 0.05) is 20.0 Å². The Labute approximate surface area is 82.3 Å². The highest BCUT2D eigenvalue weighted by molar-refractivity contribution is 5.73. The van der Waals surface area contributed by atoms with Gasteiger partial charge < -0.3 is 4.90 Å². The van der Waals surface area contributed by atoms with Crippen molar-refractivity contribution in [1.29, 1.82) is 0 Å². The van der Waals surface area contributed by atoms with Crippen molar-refractivity contribution in [3.63, 3.8) is 0 Å². The molecule has 0 fully saturated rings. The normalized spacial score (nSPS) is 14.0. The second-order valence-corrected chi connectivity index (χ2v) is 4.17. The molecular formula is C11H23NO. The fourth-order valence-electron chi connectivity index (χ4n) is 1.58. The lowest BCUT2D eigenvalue weighted by atomic mass is 9.77. The minimum absolute atomic E-state index is 0.153. The molecular weight excluding hydrogens is 162 g/mol. The van der Waals surface area contributed by atoms with Crippen LogP contribution in [0.3, 0.4) is 0 Å². The second kappa shape index (κ2) is 4.64. The number of carbonyl (C=O) groups excluding carboxylic acids is 1. The highest BCUT2D eigenvalue weighted by atomic mass is 16.2. The number of hydrogen-bond acceptors (Lipinski definition) is 1. The molecule has 78 valence electrons. The zero-order valence-electron chi connectivity index (χ0n) is 9.85. The average Bonchev–Trinajstić information content (AvgIpc) is 2.14. The molecule has 0 saturated heterocycles. The van der Waals surface area contributed by atoms with Crippen molar-refractivity contribution in [3.8, 4) is 0 Å². The Kier molecular flexibility index (Phi) is 4.45. The number of carbonyl (C=O) groups is 1. The van der Waals surface area contributed by atoms with Gasteiger partial charge in [0.05, 0.1) is 0 Å². The first-order valence-corrected chi connectivity index (χ1v) is 5.12. The Morgan fingerprint density at radius 2 is 1.77 bits per heavy atom. The summed E-state index contributed by atoms with van der Waals surface area (Å²) in [6.45, 7) is 10.4. The smallest absolute Gasteiger partial charge is 0.219 e. The lowest BCUT2D eigenvalue weighted by molar-refractivity contribution is -0.131. The van der Waals surface area contributed by atoms with E-state index in [1.807, 2.05) is 11.9 Å². The van der Waals surface area contributed by atoms with E-state index in [9.17, 15) is 4.79 Å². The van der Waals surface area contributed by atoms with Crippen LogP contribution in [0.15, 0.2) is 0 Å². The van der Waals surface area contributed by atoms with Crippen LogP contribution in [0.5, 0.6) is 0 Å². The molecule has 1 amide bonds. The van der Waals surface area contributed by atoms with Crippen LogP contribution in [0.25, 0.3) is 0 Å². The molecule has 0 aromatic heterocycles. The van der Waals surface area contributed by atoms with Gasteiger partial charge >= 0.3 is 0 Å². The largest absolute Gasteiger partial charge is 0.343 e. The molecule has 2 heteroatoms. The van der Waals surface area contributed by atoms with Crippen LogP contribution in [-0.4, -0.2) is 23.9 Å². The molecule has 0 N–H and O–H groups in total. The summed E-state index contributed by atoms with van der Waals surface area (Å²) in [5.74, 6) is 0.153. The van der Waals surface area contributed by atoms with Crippen molar-refractivity contribution in [2.75, 3.05) is 7.05 Å². The van der Waals surface area contributed by atoms with Crippen LogP contribution in [0, 0.1) is 5.41 Å². The summed E-state index contributed by atoms with van der Waals surface area (Å²) in [5, 5.41) is 0. The fourth-order valence-corrected chi connectivity index (χ4v) is 1.58. The van der Waals surface area contributed by atoms with Crippen LogP contribution in [0.1, 0.15) is 47.5 Å². The van der Waals surface area contributed by atoms with Gasteiger partial charge in [-0.2, -0.15) is 0 Å². The number of amides is 1. The van der Waals surface area contributed by atoms with Gasteiger partial charge in [0.2, 0.25) is 5.91 Å². The summed E-state index contributed by atoms with van der Waals surface area (Å²) in [7, 11) is 1.89. The van der Waals surface area contributed by atoms with Crippen molar-refractivity contribution in [2.45, 2.75) is 53.5 Å². The maximum atomic E-state index is 11.2. The number of nitrogens with zero attached hydrogens (tertiary/aromatic N) is 1. The van der Waals surface area contributed by atoms with E-state index < -0.39 is 0 Å². The van der Waals surface area contributed by atoms with E-state index in [4.69, 9.17) is 0 Å². The van der Waals surface area contributed by atoms with Gasteiger partial charge in [-0.05, 0) is 25.2 Å². The van der Waals surface area contributed by atoms with Gasteiger partial charge in [-0.3, -0.25) is 4.79 Å². The maximum absolute atomic E-state index is 11.2. The lowest BCUT2D eigenvalue weighted by Crippen LogP contribution is -2.44. The summed E-state index contributed by atoms with van der Waals surface area (Å²) in [5.41, 5.74) is 0.250. The topological polar surface area (TPSA) is 20.3 Å². The summed E-state index contributed by atoms with van der Waals surface area (Å²) >= 11 is 0. The maximum Gasteiger partial charge on any atom is 0.219 e. The molecule has 13 heavy (non-hydrogen) atoms. The Morgan fingerprint density at radius 1 is 1.38 bits per heavy atom. The van der Waals surface area contributed by atoms with E-state index >= 15 is 0 Å². The molecule has 1 atom stereocenters. The fraction of sp³-hybridized carbons (Fsp3) is 0.909. The molecule has 0 bridgehead atoms. The van der Waals surface area contributed by atoms with E-state index in [0.29, 0.717) is 6.04 Å². The molecule has 0 aromatic carbocycles. The van der Waals surface area contributed by atoms with Crippen LogP contribution < -0.4 is 0 Å².